The Hall–Kier alpha value is -1.89. The van der Waals surface area contributed by atoms with E-state index < -0.39 is 23.4 Å². The zero-order valence-electron chi connectivity index (χ0n) is 11.0. The second-order valence-electron chi connectivity index (χ2n) is 5.51. The number of ketones is 1. The van der Waals surface area contributed by atoms with E-state index in [1.165, 1.54) is 12.1 Å². The van der Waals surface area contributed by atoms with Gasteiger partial charge in [-0.05, 0) is 30.5 Å². The van der Waals surface area contributed by atoms with Crippen molar-refractivity contribution in [2.24, 2.45) is 0 Å². The first-order valence-corrected chi connectivity index (χ1v) is 6.59. The summed E-state index contributed by atoms with van der Waals surface area (Å²) in [5.41, 5.74) is 4.82. The third-order valence-corrected chi connectivity index (χ3v) is 4.25. The van der Waals surface area contributed by atoms with Crippen LogP contribution in [0.3, 0.4) is 0 Å². The van der Waals surface area contributed by atoms with Gasteiger partial charge in [-0.2, -0.15) is 13.2 Å². The molecule has 4 nitrogen and oxygen atoms in total. The van der Waals surface area contributed by atoms with Gasteiger partial charge in [0.2, 0.25) is 5.78 Å². The van der Waals surface area contributed by atoms with Crippen LogP contribution >= 0.6 is 0 Å². The molecule has 0 radical (unpaired) electrons. The van der Waals surface area contributed by atoms with Crippen molar-refractivity contribution in [3.05, 3.63) is 35.4 Å². The van der Waals surface area contributed by atoms with E-state index in [0.717, 1.165) is 30.5 Å². The molecule has 1 atom stereocenters. The summed E-state index contributed by atoms with van der Waals surface area (Å²) in [6.45, 7) is 0. The summed E-state index contributed by atoms with van der Waals surface area (Å²) in [4.78, 5) is 22.6. The number of carbonyl (C=O) groups excluding carboxylic acids is 2. The zero-order valence-corrected chi connectivity index (χ0v) is 11.0. The quantitative estimate of drug-likeness (QED) is 0.817. The fourth-order valence-electron chi connectivity index (χ4n) is 2.85. The van der Waals surface area contributed by atoms with Gasteiger partial charge in [-0.1, -0.05) is 12.1 Å². The highest BCUT2D eigenvalue weighted by Gasteiger charge is 2.53. The Morgan fingerprint density at radius 1 is 1.10 bits per heavy atom. The predicted octanol–water partition coefficient (Wildman–Crippen LogP) is 1.70. The van der Waals surface area contributed by atoms with Crippen LogP contribution in [0.15, 0.2) is 24.3 Å². The van der Waals surface area contributed by atoms with E-state index in [1.54, 1.807) is 0 Å². The van der Waals surface area contributed by atoms with Gasteiger partial charge in [0.05, 0.1) is 5.56 Å². The predicted molar refractivity (Wildman–Crippen MR) is 67.0 cm³/mol. The Morgan fingerprint density at radius 2 is 1.71 bits per heavy atom. The molecule has 1 aliphatic heterocycles. The second kappa shape index (κ2) is 4.56. The average molecular weight is 298 g/mol. The van der Waals surface area contributed by atoms with Crippen LogP contribution in [0.4, 0.5) is 13.2 Å². The molecule has 1 saturated heterocycles. The second-order valence-corrected chi connectivity index (χ2v) is 5.51. The van der Waals surface area contributed by atoms with Crippen LogP contribution in [0.2, 0.25) is 0 Å². The summed E-state index contributed by atoms with van der Waals surface area (Å²) in [5, 5.41) is 0. The molecule has 1 aliphatic carbocycles. The lowest BCUT2D eigenvalue weighted by Crippen LogP contribution is -2.58. The number of nitrogens with one attached hydrogen (secondary N) is 2. The van der Waals surface area contributed by atoms with Crippen molar-refractivity contribution in [1.82, 2.24) is 10.9 Å². The fourth-order valence-corrected chi connectivity index (χ4v) is 2.85. The van der Waals surface area contributed by atoms with Gasteiger partial charge in [-0.15, -0.1) is 0 Å². The van der Waals surface area contributed by atoms with Gasteiger partial charge in [0.1, 0.15) is 0 Å². The number of hydrogen-bond donors (Lipinski definition) is 2. The lowest BCUT2D eigenvalue weighted by atomic mass is 9.84. The normalized spacial score (nSPS) is 24.6. The zero-order chi connectivity index (χ0) is 15.3. The minimum atomic E-state index is -4.36. The Morgan fingerprint density at radius 3 is 2.19 bits per heavy atom. The van der Waals surface area contributed by atoms with Crippen LogP contribution < -0.4 is 10.9 Å². The number of amides is 1. The Labute approximate surface area is 118 Å². The third-order valence-electron chi connectivity index (χ3n) is 4.25. The molecule has 2 N–H and O–H groups in total. The highest BCUT2D eigenvalue weighted by Crippen LogP contribution is 2.52. The van der Waals surface area contributed by atoms with Crippen molar-refractivity contribution < 1.29 is 22.8 Å². The Bertz CT molecular complexity index is 591. The van der Waals surface area contributed by atoms with E-state index in [2.05, 4.69) is 10.9 Å². The molecule has 0 spiro atoms. The summed E-state index contributed by atoms with van der Waals surface area (Å²) in [6, 6.07) is 4.74. The van der Waals surface area contributed by atoms with Gasteiger partial charge in [-0.3, -0.25) is 15.0 Å². The van der Waals surface area contributed by atoms with Crippen LogP contribution in [0, 0.1) is 0 Å². The highest BCUT2D eigenvalue weighted by molar-refractivity contribution is 6.36. The summed E-state index contributed by atoms with van der Waals surface area (Å²) in [5.74, 6) is -1.17. The Kier molecular flexibility index (Phi) is 3.05. The van der Waals surface area contributed by atoms with Gasteiger partial charge in [0, 0.05) is 17.9 Å². The van der Waals surface area contributed by atoms with Crippen LogP contribution in [0.1, 0.15) is 30.4 Å². The smallest absolute Gasteiger partial charge is 0.289 e. The van der Waals surface area contributed by atoms with Crippen LogP contribution in [-0.4, -0.2) is 17.7 Å². The number of alkyl halides is 3. The lowest BCUT2D eigenvalue weighted by Gasteiger charge is -2.31. The summed E-state index contributed by atoms with van der Waals surface area (Å²) in [7, 11) is 0. The van der Waals surface area contributed by atoms with Gasteiger partial charge in [0.15, 0.2) is 0 Å². The standard InChI is InChI=1S/C14H13F3N2O2/c15-14(16,17)9-3-1-8(2-4-9)13(5-6-13)11-7-10(20)12(21)19-18-11/h1-4,11,18H,5-7H2,(H,19,21). The maximum absolute atomic E-state index is 12.6. The minimum absolute atomic E-state index is 0.0624. The molecule has 1 unspecified atom stereocenters. The van der Waals surface area contributed by atoms with Gasteiger partial charge < -0.3 is 0 Å². The van der Waals surface area contributed by atoms with E-state index in [9.17, 15) is 22.8 Å². The largest absolute Gasteiger partial charge is 0.416 e. The van der Waals surface area contributed by atoms with E-state index in [4.69, 9.17) is 0 Å². The average Bonchev–Trinajstić information content (AvgIpc) is 3.23. The molecule has 2 aliphatic rings. The van der Waals surface area contributed by atoms with Crippen LogP contribution in [-0.2, 0) is 21.2 Å². The maximum Gasteiger partial charge on any atom is 0.416 e. The summed E-state index contributed by atoms with van der Waals surface area (Å²) in [6.07, 6.45) is -2.74. The van der Waals surface area contributed by atoms with Crippen LogP contribution in [0.25, 0.3) is 0 Å². The number of rotatable bonds is 2. The Balaban J connectivity index is 1.83. The summed E-state index contributed by atoms with van der Waals surface area (Å²) >= 11 is 0. The first kappa shape index (κ1) is 14.1. The molecule has 1 saturated carbocycles. The summed E-state index contributed by atoms with van der Waals surface area (Å²) < 4.78 is 37.7. The number of hydrazine groups is 1. The molecule has 2 fully saturated rings. The van der Waals surface area contributed by atoms with Gasteiger partial charge in [0.25, 0.3) is 0 Å². The van der Waals surface area contributed by atoms with Crippen molar-refractivity contribution in [2.45, 2.75) is 36.9 Å². The molecule has 7 heteroatoms. The number of benzene rings is 1. The number of halogens is 3. The first-order chi connectivity index (χ1) is 9.83. The molecule has 0 bridgehead atoms. The van der Waals surface area contributed by atoms with Crippen molar-refractivity contribution in [2.75, 3.05) is 0 Å². The number of carbonyl (C=O) groups is 2. The topological polar surface area (TPSA) is 58.2 Å². The van der Waals surface area contributed by atoms with Crippen molar-refractivity contribution in [3.8, 4) is 0 Å². The lowest BCUT2D eigenvalue weighted by molar-refractivity contribution is -0.141. The van der Waals surface area contributed by atoms with E-state index in [1.807, 2.05) is 0 Å². The molecule has 3 rings (SSSR count). The van der Waals surface area contributed by atoms with E-state index in [0.29, 0.717) is 0 Å². The van der Waals surface area contributed by atoms with Crippen molar-refractivity contribution in [1.29, 1.82) is 0 Å². The molecular formula is C14H13F3N2O2. The molecular weight excluding hydrogens is 285 g/mol. The van der Waals surface area contributed by atoms with Crippen LogP contribution in [0.5, 0.6) is 0 Å². The molecule has 1 heterocycles. The van der Waals surface area contributed by atoms with E-state index >= 15 is 0 Å². The SMILES string of the molecule is O=C1CC(C2(c3ccc(C(F)(F)F)cc3)CC2)NNC1=O. The number of Topliss-reactive ketones (excluding diaryl/α,β-unsaturated/α-hetero) is 1. The number of hydrogen-bond acceptors (Lipinski definition) is 3. The monoisotopic (exact) mass is 298 g/mol. The molecule has 21 heavy (non-hydrogen) atoms. The maximum atomic E-state index is 12.6. The van der Waals surface area contributed by atoms with Gasteiger partial charge in [-0.25, -0.2) is 5.43 Å². The van der Waals surface area contributed by atoms with E-state index in [-0.39, 0.29) is 17.9 Å². The first-order valence-electron chi connectivity index (χ1n) is 6.59. The molecule has 1 amide bonds. The fraction of sp³-hybridized carbons (Fsp3) is 0.429. The van der Waals surface area contributed by atoms with Crippen molar-refractivity contribution >= 4 is 11.7 Å². The third kappa shape index (κ3) is 2.42. The molecule has 1 aromatic carbocycles. The molecule has 1 aromatic rings. The molecule has 112 valence electrons. The minimum Gasteiger partial charge on any atom is -0.289 e. The van der Waals surface area contributed by atoms with Gasteiger partial charge >= 0.3 is 12.1 Å². The van der Waals surface area contributed by atoms with Crippen molar-refractivity contribution in [3.63, 3.8) is 0 Å². The molecule has 0 aromatic heterocycles. The highest BCUT2D eigenvalue weighted by atomic mass is 19.4.